The Bertz CT molecular complexity index is 260. The second-order valence-electron chi connectivity index (χ2n) is 5.34. The molecule has 4 heteroatoms. The van der Waals surface area contributed by atoms with Crippen molar-refractivity contribution in [3.8, 4) is 0 Å². The molecular weight excluding hydrogens is 216 g/mol. The third-order valence-electron chi connectivity index (χ3n) is 3.94. The zero-order valence-electron chi connectivity index (χ0n) is 10.7. The van der Waals surface area contributed by atoms with Gasteiger partial charge in [-0.15, -0.1) is 0 Å². The summed E-state index contributed by atoms with van der Waals surface area (Å²) in [4.78, 5) is 13.8. The van der Waals surface area contributed by atoms with Gasteiger partial charge in [0.25, 0.3) is 0 Å². The van der Waals surface area contributed by atoms with E-state index in [1.54, 1.807) is 0 Å². The minimum Gasteiger partial charge on any atom is -0.480 e. The van der Waals surface area contributed by atoms with E-state index >= 15 is 0 Å². The van der Waals surface area contributed by atoms with Crippen molar-refractivity contribution >= 4 is 5.97 Å². The highest BCUT2D eigenvalue weighted by molar-refractivity contribution is 5.74. The first-order valence-corrected chi connectivity index (χ1v) is 6.93. The Morgan fingerprint density at radius 3 is 2.47 bits per heavy atom. The molecule has 1 aliphatic carbocycles. The Labute approximate surface area is 103 Å². The summed E-state index contributed by atoms with van der Waals surface area (Å²) in [6, 6.07) is 0.246. The molecule has 0 aromatic heterocycles. The van der Waals surface area contributed by atoms with Crippen molar-refractivity contribution in [1.29, 1.82) is 0 Å². The van der Waals surface area contributed by atoms with Crippen molar-refractivity contribution in [3.05, 3.63) is 0 Å². The molecule has 0 radical (unpaired) electrons. The molecule has 4 nitrogen and oxygen atoms in total. The zero-order chi connectivity index (χ0) is 12.3. The van der Waals surface area contributed by atoms with Gasteiger partial charge < -0.3 is 10.4 Å². The first-order chi connectivity index (χ1) is 8.24. The van der Waals surface area contributed by atoms with Crippen LogP contribution in [0.4, 0.5) is 0 Å². The van der Waals surface area contributed by atoms with Gasteiger partial charge in [-0.3, -0.25) is 9.69 Å². The smallest absolute Gasteiger partial charge is 0.321 e. The first-order valence-electron chi connectivity index (χ1n) is 6.93. The van der Waals surface area contributed by atoms with Crippen LogP contribution in [0.1, 0.15) is 39.0 Å². The van der Waals surface area contributed by atoms with Crippen LogP contribution >= 0.6 is 0 Å². The van der Waals surface area contributed by atoms with E-state index in [9.17, 15) is 9.90 Å². The predicted molar refractivity (Wildman–Crippen MR) is 67.0 cm³/mol. The predicted octanol–water partition coefficient (Wildman–Crippen LogP) is 1.31. The minimum absolute atomic E-state index is 0.224. The molecule has 1 saturated carbocycles. The number of piperidine rings is 1. The molecule has 2 rings (SSSR count). The van der Waals surface area contributed by atoms with Crippen LogP contribution in [0, 0.1) is 5.92 Å². The lowest BCUT2D eigenvalue weighted by molar-refractivity contribution is -0.145. The normalized spacial score (nSPS) is 23.9. The van der Waals surface area contributed by atoms with Crippen LogP contribution in [0.5, 0.6) is 0 Å². The van der Waals surface area contributed by atoms with Gasteiger partial charge in [-0.25, -0.2) is 0 Å². The van der Waals surface area contributed by atoms with E-state index < -0.39 is 5.97 Å². The fraction of sp³-hybridized carbons (Fsp3) is 0.923. The average molecular weight is 240 g/mol. The van der Waals surface area contributed by atoms with Crippen LogP contribution in [-0.4, -0.2) is 47.7 Å². The van der Waals surface area contributed by atoms with Gasteiger partial charge in [0, 0.05) is 6.04 Å². The number of carbonyl (C=O) groups is 1. The minimum atomic E-state index is -0.612. The lowest BCUT2D eigenvalue weighted by Gasteiger charge is -2.38. The lowest BCUT2D eigenvalue weighted by Crippen LogP contribution is -2.52. The van der Waals surface area contributed by atoms with Crippen LogP contribution in [0.3, 0.4) is 0 Å². The number of nitrogens with zero attached hydrogens (tertiary/aromatic N) is 1. The summed E-state index contributed by atoms with van der Waals surface area (Å²) in [6.07, 6.45) is 5.43. The Hall–Kier alpha value is -0.610. The molecule has 2 aliphatic rings. The van der Waals surface area contributed by atoms with Gasteiger partial charge in [0.15, 0.2) is 0 Å². The van der Waals surface area contributed by atoms with Crippen molar-refractivity contribution in [3.63, 3.8) is 0 Å². The van der Waals surface area contributed by atoms with Crippen molar-refractivity contribution in [2.75, 3.05) is 19.6 Å². The van der Waals surface area contributed by atoms with Crippen molar-refractivity contribution in [2.24, 2.45) is 5.92 Å². The summed E-state index contributed by atoms with van der Waals surface area (Å²) in [6.45, 7) is 5.13. The number of hydrogen-bond acceptors (Lipinski definition) is 3. The molecule has 1 unspecified atom stereocenters. The van der Waals surface area contributed by atoms with Crippen molar-refractivity contribution < 1.29 is 9.90 Å². The number of carboxylic acid groups (broad SMARTS) is 1. The number of aliphatic carboxylic acids is 1. The molecule has 1 atom stereocenters. The Morgan fingerprint density at radius 1 is 1.35 bits per heavy atom. The fourth-order valence-electron chi connectivity index (χ4n) is 2.97. The summed E-state index contributed by atoms with van der Waals surface area (Å²) in [5.74, 6) is -0.201. The van der Waals surface area contributed by atoms with Crippen molar-refractivity contribution in [2.45, 2.75) is 51.1 Å². The van der Waals surface area contributed by atoms with Gasteiger partial charge >= 0.3 is 5.97 Å². The third kappa shape index (κ3) is 3.19. The van der Waals surface area contributed by atoms with Crippen LogP contribution < -0.4 is 5.32 Å². The second-order valence-corrected chi connectivity index (χ2v) is 5.34. The maximum Gasteiger partial charge on any atom is 0.321 e. The van der Waals surface area contributed by atoms with Gasteiger partial charge in [0.1, 0.15) is 6.04 Å². The number of hydrogen-bond donors (Lipinski definition) is 2. The van der Waals surface area contributed by atoms with E-state index in [4.69, 9.17) is 0 Å². The molecular formula is C13H24N2O2. The van der Waals surface area contributed by atoms with Crippen LogP contribution in [-0.2, 0) is 4.79 Å². The van der Waals surface area contributed by atoms with E-state index in [1.165, 1.54) is 0 Å². The molecule has 1 heterocycles. The molecule has 17 heavy (non-hydrogen) atoms. The maximum absolute atomic E-state index is 11.5. The number of rotatable bonds is 6. The van der Waals surface area contributed by atoms with E-state index in [2.05, 4.69) is 17.1 Å². The lowest BCUT2D eigenvalue weighted by atomic mass is 10.00. The molecule has 1 saturated heterocycles. The van der Waals surface area contributed by atoms with E-state index in [0.717, 1.165) is 51.7 Å². The Kier molecular flexibility index (Phi) is 4.40. The fourth-order valence-corrected chi connectivity index (χ4v) is 2.97. The van der Waals surface area contributed by atoms with Crippen LogP contribution in [0.25, 0.3) is 0 Å². The van der Waals surface area contributed by atoms with Gasteiger partial charge in [0.2, 0.25) is 0 Å². The van der Waals surface area contributed by atoms with E-state index in [0.29, 0.717) is 12.0 Å². The van der Waals surface area contributed by atoms with Gasteiger partial charge in [-0.05, 0) is 57.7 Å². The van der Waals surface area contributed by atoms with Gasteiger partial charge in [-0.2, -0.15) is 0 Å². The Morgan fingerprint density at radius 2 is 2.00 bits per heavy atom. The number of nitrogens with one attached hydrogen (secondary N) is 1. The molecule has 0 bridgehead atoms. The monoisotopic (exact) mass is 240 g/mol. The molecule has 0 aromatic carbocycles. The quantitative estimate of drug-likeness (QED) is 0.735. The zero-order valence-corrected chi connectivity index (χ0v) is 10.7. The SMILES string of the molecule is CCCN(C1CCNCC1)C(C(=O)O)C1CC1. The topological polar surface area (TPSA) is 52.6 Å². The standard InChI is InChI=1S/C13H24N2O2/c1-2-9-15(11-5-7-14-8-6-11)12(13(16)17)10-3-4-10/h10-12,14H,2-9H2,1H3,(H,16,17). The van der Waals surface area contributed by atoms with Crippen molar-refractivity contribution in [1.82, 2.24) is 10.2 Å². The molecule has 1 aliphatic heterocycles. The van der Waals surface area contributed by atoms with Crippen LogP contribution in [0.2, 0.25) is 0 Å². The van der Waals surface area contributed by atoms with Gasteiger partial charge in [0.05, 0.1) is 0 Å². The number of carboxylic acids is 1. The second kappa shape index (κ2) is 5.83. The molecule has 2 N–H and O–H groups in total. The molecule has 2 fully saturated rings. The summed E-state index contributed by atoms with van der Waals surface area (Å²) in [5, 5.41) is 12.8. The Balaban J connectivity index is 2.04. The highest BCUT2D eigenvalue weighted by Crippen LogP contribution is 2.37. The van der Waals surface area contributed by atoms with E-state index in [-0.39, 0.29) is 6.04 Å². The first kappa shape index (κ1) is 12.8. The van der Waals surface area contributed by atoms with Crippen LogP contribution in [0.15, 0.2) is 0 Å². The van der Waals surface area contributed by atoms with E-state index in [1.807, 2.05) is 0 Å². The molecule has 0 aromatic rings. The highest BCUT2D eigenvalue weighted by atomic mass is 16.4. The molecule has 0 amide bonds. The molecule has 98 valence electrons. The largest absolute Gasteiger partial charge is 0.480 e. The summed E-state index contributed by atoms with van der Waals surface area (Å²) >= 11 is 0. The highest BCUT2D eigenvalue weighted by Gasteiger charge is 2.42. The third-order valence-corrected chi connectivity index (χ3v) is 3.94. The average Bonchev–Trinajstić information content (AvgIpc) is 3.13. The van der Waals surface area contributed by atoms with Gasteiger partial charge in [-0.1, -0.05) is 6.92 Å². The maximum atomic E-state index is 11.5. The summed E-state index contributed by atoms with van der Waals surface area (Å²) in [7, 11) is 0. The molecule has 0 spiro atoms. The summed E-state index contributed by atoms with van der Waals surface area (Å²) in [5.41, 5.74) is 0. The summed E-state index contributed by atoms with van der Waals surface area (Å²) < 4.78 is 0.